The van der Waals surface area contributed by atoms with Gasteiger partial charge in [0, 0.05) is 6.20 Å². The van der Waals surface area contributed by atoms with Crippen molar-refractivity contribution in [3.05, 3.63) is 29.8 Å². The smallest absolute Gasteiger partial charge is 0.260 e. The number of alkyl halides is 2. The highest BCUT2D eigenvalue weighted by molar-refractivity contribution is 5.21. The molecule has 0 fully saturated rings. The highest BCUT2D eigenvalue weighted by Gasteiger charge is 2.36. The first-order valence-electron chi connectivity index (χ1n) is 4.65. The van der Waals surface area contributed by atoms with E-state index in [0.717, 1.165) is 12.3 Å². The molecular formula is C10H13F3N2. The average Bonchev–Trinajstić information content (AvgIpc) is 2.17. The van der Waals surface area contributed by atoms with Crippen molar-refractivity contribution in [1.29, 1.82) is 0 Å². The van der Waals surface area contributed by atoms with Gasteiger partial charge in [-0.1, -0.05) is 6.92 Å². The SMILES string of the molecule is CCNC(C)(c1cncc(F)c1)C(F)F. The van der Waals surface area contributed by atoms with Crippen LogP contribution >= 0.6 is 0 Å². The summed E-state index contributed by atoms with van der Waals surface area (Å²) in [5.41, 5.74) is -1.40. The summed E-state index contributed by atoms with van der Waals surface area (Å²) in [7, 11) is 0. The predicted molar refractivity (Wildman–Crippen MR) is 51.2 cm³/mol. The normalized spacial score (nSPS) is 15.3. The van der Waals surface area contributed by atoms with E-state index < -0.39 is 17.8 Å². The number of hydrogen-bond donors (Lipinski definition) is 1. The first-order chi connectivity index (χ1) is 7.00. The first-order valence-corrected chi connectivity index (χ1v) is 4.65. The second-order valence-corrected chi connectivity index (χ2v) is 3.43. The lowest BCUT2D eigenvalue weighted by molar-refractivity contribution is 0.0390. The lowest BCUT2D eigenvalue weighted by Crippen LogP contribution is -2.45. The summed E-state index contributed by atoms with van der Waals surface area (Å²) in [6.45, 7) is 3.42. The van der Waals surface area contributed by atoms with Gasteiger partial charge in [-0.3, -0.25) is 4.98 Å². The zero-order valence-corrected chi connectivity index (χ0v) is 8.60. The van der Waals surface area contributed by atoms with Crippen LogP contribution in [0.5, 0.6) is 0 Å². The highest BCUT2D eigenvalue weighted by atomic mass is 19.3. The second-order valence-electron chi connectivity index (χ2n) is 3.43. The van der Waals surface area contributed by atoms with Crippen LogP contribution in [0.3, 0.4) is 0 Å². The quantitative estimate of drug-likeness (QED) is 0.838. The number of hydrogen-bond acceptors (Lipinski definition) is 2. The van der Waals surface area contributed by atoms with E-state index in [-0.39, 0.29) is 5.56 Å². The molecule has 1 unspecified atom stereocenters. The van der Waals surface area contributed by atoms with Gasteiger partial charge in [-0.05, 0) is 25.1 Å². The maximum atomic E-state index is 12.9. The molecule has 0 bridgehead atoms. The monoisotopic (exact) mass is 218 g/mol. The molecule has 1 atom stereocenters. The Morgan fingerprint density at radius 1 is 1.47 bits per heavy atom. The van der Waals surface area contributed by atoms with E-state index in [0.29, 0.717) is 6.54 Å². The minimum absolute atomic E-state index is 0.152. The molecule has 0 amide bonds. The molecule has 0 aliphatic rings. The van der Waals surface area contributed by atoms with Gasteiger partial charge >= 0.3 is 0 Å². The Morgan fingerprint density at radius 3 is 2.60 bits per heavy atom. The van der Waals surface area contributed by atoms with Gasteiger partial charge in [-0.25, -0.2) is 13.2 Å². The number of aromatic nitrogens is 1. The third kappa shape index (κ3) is 2.47. The van der Waals surface area contributed by atoms with Crippen molar-refractivity contribution in [2.45, 2.75) is 25.8 Å². The maximum absolute atomic E-state index is 12.9. The summed E-state index contributed by atoms with van der Waals surface area (Å²) in [6.07, 6.45) is -0.389. The summed E-state index contributed by atoms with van der Waals surface area (Å²) in [5.74, 6) is -0.614. The standard InChI is InChI=1S/C10H13F3N2/c1-3-15-10(2,9(12)13)7-4-8(11)6-14-5-7/h4-6,9,15H,3H2,1-2H3. The van der Waals surface area contributed by atoms with Gasteiger partial charge in [0.05, 0.1) is 6.20 Å². The van der Waals surface area contributed by atoms with Gasteiger partial charge in [-0.2, -0.15) is 0 Å². The molecule has 2 nitrogen and oxygen atoms in total. The molecule has 5 heteroatoms. The van der Waals surface area contributed by atoms with Crippen LogP contribution in [-0.2, 0) is 5.54 Å². The van der Waals surface area contributed by atoms with Gasteiger partial charge in [0.25, 0.3) is 6.43 Å². The minimum atomic E-state index is -2.62. The van der Waals surface area contributed by atoms with E-state index in [9.17, 15) is 13.2 Å². The minimum Gasteiger partial charge on any atom is -0.303 e. The number of rotatable bonds is 4. The van der Waals surface area contributed by atoms with Crippen molar-refractivity contribution in [3.8, 4) is 0 Å². The summed E-state index contributed by atoms with van der Waals surface area (Å²) < 4.78 is 38.6. The zero-order valence-electron chi connectivity index (χ0n) is 8.60. The molecule has 1 heterocycles. The van der Waals surface area contributed by atoms with Crippen LogP contribution in [0.15, 0.2) is 18.5 Å². The molecule has 0 saturated carbocycles. The Labute approximate surface area is 86.5 Å². The van der Waals surface area contributed by atoms with Crippen molar-refractivity contribution in [1.82, 2.24) is 10.3 Å². The topological polar surface area (TPSA) is 24.9 Å². The van der Waals surface area contributed by atoms with Crippen molar-refractivity contribution in [3.63, 3.8) is 0 Å². The van der Waals surface area contributed by atoms with E-state index in [4.69, 9.17) is 0 Å². The molecule has 0 radical (unpaired) electrons. The second kappa shape index (κ2) is 4.61. The van der Waals surface area contributed by atoms with Crippen LogP contribution in [0.1, 0.15) is 19.4 Å². The third-order valence-corrected chi connectivity index (χ3v) is 2.28. The molecule has 0 aliphatic heterocycles. The summed E-state index contributed by atoms with van der Waals surface area (Å²) in [5, 5.41) is 2.65. The Balaban J connectivity index is 3.09. The van der Waals surface area contributed by atoms with E-state index in [2.05, 4.69) is 10.3 Å². The molecule has 0 saturated heterocycles. The average molecular weight is 218 g/mol. The Kier molecular flexibility index (Phi) is 3.68. The van der Waals surface area contributed by atoms with Crippen LogP contribution in [0.25, 0.3) is 0 Å². The van der Waals surface area contributed by atoms with Crippen LogP contribution in [-0.4, -0.2) is 18.0 Å². The molecule has 0 spiro atoms. The first kappa shape index (κ1) is 12.0. The van der Waals surface area contributed by atoms with Gasteiger partial charge in [0.2, 0.25) is 0 Å². The Morgan fingerprint density at radius 2 is 2.13 bits per heavy atom. The van der Waals surface area contributed by atoms with E-state index in [1.54, 1.807) is 6.92 Å². The van der Waals surface area contributed by atoms with Gasteiger partial charge in [0.15, 0.2) is 0 Å². The van der Waals surface area contributed by atoms with Crippen LogP contribution in [0, 0.1) is 5.82 Å². The largest absolute Gasteiger partial charge is 0.303 e. The van der Waals surface area contributed by atoms with E-state index in [1.165, 1.54) is 13.1 Å². The Bertz CT molecular complexity index is 330. The lowest BCUT2D eigenvalue weighted by Gasteiger charge is -2.29. The summed E-state index contributed by atoms with van der Waals surface area (Å²) in [4.78, 5) is 3.57. The lowest BCUT2D eigenvalue weighted by atomic mass is 9.94. The summed E-state index contributed by atoms with van der Waals surface area (Å²) in [6, 6.07) is 1.07. The number of pyridine rings is 1. The molecule has 1 aromatic rings. The van der Waals surface area contributed by atoms with Gasteiger partial charge in [0.1, 0.15) is 11.4 Å². The van der Waals surface area contributed by atoms with E-state index in [1.807, 2.05) is 0 Å². The fourth-order valence-electron chi connectivity index (χ4n) is 1.37. The van der Waals surface area contributed by atoms with Crippen molar-refractivity contribution in [2.24, 2.45) is 0 Å². The predicted octanol–water partition coefficient (Wildman–Crippen LogP) is 2.31. The third-order valence-electron chi connectivity index (χ3n) is 2.28. The highest BCUT2D eigenvalue weighted by Crippen LogP contribution is 2.27. The zero-order chi connectivity index (χ0) is 11.5. The van der Waals surface area contributed by atoms with Crippen molar-refractivity contribution >= 4 is 0 Å². The Hall–Kier alpha value is -1.10. The number of nitrogens with zero attached hydrogens (tertiary/aromatic N) is 1. The molecular weight excluding hydrogens is 205 g/mol. The molecule has 1 rings (SSSR count). The molecule has 0 aliphatic carbocycles. The van der Waals surface area contributed by atoms with E-state index >= 15 is 0 Å². The maximum Gasteiger partial charge on any atom is 0.260 e. The summed E-state index contributed by atoms with van der Waals surface area (Å²) >= 11 is 0. The van der Waals surface area contributed by atoms with Gasteiger partial charge in [-0.15, -0.1) is 0 Å². The molecule has 1 aromatic heterocycles. The van der Waals surface area contributed by atoms with Crippen LogP contribution < -0.4 is 5.32 Å². The molecule has 0 aromatic carbocycles. The van der Waals surface area contributed by atoms with Crippen molar-refractivity contribution in [2.75, 3.05) is 6.54 Å². The van der Waals surface area contributed by atoms with Crippen LogP contribution in [0.2, 0.25) is 0 Å². The molecule has 84 valence electrons. The number of halogens is 3. The van der Waals surface area contributed by atoms with Crippen LogP contribution in [0.4, 0.5) is 13.2 Å². The molecule has 15 heavy (non-hydrogen) atoms. The molecule has 1 N–H and O–H groups in total. The fourth-order valence-corrected chi connectivity index (χ4v) is 1.37. The fraction of sp³-hybridized carbons (Fsp3) is 0.500. The number of nitrogens with one attached hydrogen (secondary N) is 1. The van der Waals surface area contributed by atoms with Crippen molar-refractivity contribution < 1.29 is 13.2 Å². The van der Waals surface area contributed by atoms with Gasteiger partial charge < -0.3 is 5.32 Å².